The molecule has 1 aliphatic carbocycles. The number of carbonyl (C=O) groups excluding carboxylic acids is 2. The number of hydrogen-bond acceptors (Lipinski definition) is 10. The number of nitrogens with zero attached hydrogens (tertiary/aromatic N) is 4. The van der Waals surface area contributed by atoms with E-state index in [0.29, 0.717) is 5.16 Å². The van der Waals surface area contributed by atoms with E-state index in [-0.39, 0.29) is 42.0 Å². The summed E-state index contributed by atoms with van der Waals surface area (Å²) in [6.07, 6.45) is 2.14. The van der Waals surface area contributed by atoms with Crippen molar-refractivity contribution in [1.29, 1.82) is 0 Å². The Kier molecular flexibility index (Phi) is 6.44. The fourth-order valence-electron chi connectivity index (χ4n) is 1.94. The topological polar surface area (TPSA) is 114 Å². The minimum Gasteiger partial charge on any atom is -0.509 e. The second-order valence-electron chi connectivity index (χ2n) is 5.54. The van der Waals surface area contributed by atoms with Gasteiger partial charge in [-0.1, -0.05) is 25.6 Å². The lowest BCUT2D eigenvalue weighted by molar-refractivity contribution is -0.149. The lowest BCUT2D eigenvalue weighted by Gasteiger charge is -2.20. The number of ketones is 1. The Balaban J connectivity index is 2.16. The van der Waals surface area contributed by atoms with Gasteiger partial charge in [-0.05, 0) is 18.6 Å². The van der Waals surface area contributed by atoms with Gasteiger partial charge in [0.25, 0.3) is 0 Å². The number of esters is 1. The Morgan fingerprint density at radius 3 is 2.88 bits per heavy atom. The molecule has 0 aromatic carbocycles. The van der Waals surface area contributed by atoms with Gasteiger partial charge in [0, 0.05) is 18.0 Å². The molecule has 0 fully saturated rings. The molecule has 0 radical (unpaired) electrons. The zero-order valence-corrected chi connectivity index (χ0v) is 15.2. The third-order valence-electron chi connectivity index (χ3n) is 3.16. The van der Waals surface area contributed by atoms with Crippen molar-refractivity contribution in [3.63, 3.8) is 0 Å². The van der Waals surface area contributed by atoms with E-state index in [9.17, 15) is 14.7 Å². The van der Waals surface area contributed by atoms with Crippen molar-refractivity contribution >= 4 is 40.2 Å². The van der Waals surface area contributed by atoms with Crippen molar-refractivity contribution < 1.29 is 19.4 Å². The van der Waals surface area contributed by atoms with E-state index < -0.39 is 17.6 Å². The van der Waals surface area contributed by atoms with Gasteiger partial charge in [0.2, 0.25) is 10.3 Å². The van der Waals surface area contributed by atoms with E-state index >= 15 is 0 Å². The fraction of sp³-hybridized carbons (Fsp3) is 0.571. The summed E-state index contributed by atoms with van der Waals surface area (Å²) >= 11 is 2.40. The van der Waals surface area contributed by atoms with Gasteiger partial charge in [0.1, 0.15) is 11.7 Å². The zero-order chi connectivity index (χ0) is 17.7. The predicted molar refractivity (Wildman–Crippen MR) is 89.4 cm³/mol. The summed E-state index contributed by atoms with van der Waals surface area (Å²) in [5.41, 5.74) is -0.214. The first-order valence-corrected chi connectivity index (χ1v) is 9.34. The van der Waals surface area contributed by atoms with Crippen molar-refractivity contribution in [3.8, 4) is 0 Å². The minimum atomic E-state index is -0.883. The molecule has 1 unspecified atom stereocenters. The van der Waals surface area contributed by atoms with E-state index in [2.05, 4.69) is 19.6 Å². The standard InChI is InChI=1S/C14H18N4O4S2/c1-7(2)6-22-12(21)8-4-5-9(19)10(11(8)20)16-17-13-15-14(23-3)18-24-13/h7-8,20H,4-6H2,1-3H3. The number of aliphatic hydroxyl groups excluding tert-OH is 1. The van der Waals surface area contributed by atoms with Crippen LogP contribution in [0, 0.1) is 11.8 Å². The van der Waals surface area contributed by atoms with Crippen LogP contribution in [0.15, 0.2) is 26.8 Å². The Hall–Kier alpha value is -1.81. The minimum absolute atomic E-state index is 0.103. The molecule has 1 aromatic heterocycles. The molecule has 2 rings (SSSR count). The average Bonchev–Trinajstić information content (AvgIpc) is 3.00. The van der Waals surface area contributed by atoms with Crippen LogP contribution < -0.4 is 0 Å². The number of thioether (sulfide) groups is 1. The van der Waals surface area contributed by atoms with Crippen LogP contribution in [0.1, 0.15) is 26.7 Å². The maximum Gasteiger partial charge on any atom is 0.316 e. The van der Waals surface area contributed by atoms with E-state index in [1.165, 1.54) is 11.8 Å². The third-order valence-corrected chi connectivity index (χ3v) is 4.42. The maximum atomic E-state index is 12.1. The van der Waals surface area contributed by atoms with E-state index in [0.717, 1.165) is 11.5 Å². The molecule has 1 heterocycles. The van der Waals surface area contributed by atoms with Crippen LogP contribution in [-0.2, 0) is 14.3 Å². The van der Waals surface area contributed by atoms with Gasteiger partial charge in [-0.25, -0.2) is 0 Å². The number of hydrogen-bond donors (Lipinski definition) is 1. The largest absolute Gasteiger partial charge is 0.509 e. The van der Waals surface area contributed by atoms with Gasteiger partial charge in [0.05, 0.1) is 6.61 Å². The van der Waals surface area contributed by atoms with Crippen LogP contribution in [0.5, 0.6) is 0 Å². The van der Waals surface area contributed by atoms with Gasteiger partial charge in [-0.3, -0.25) is 9.59 Å². The first-order chi connectivity index (χ1) is 11.4. The number of carbonyl (C=O) groups is 2. The molecule has 0 spiro atoms. The van der Waals surface area contributed by atoms with Crippen molar-refractivity contribution in [2.45, 2.75) is 31.8 Å². The predicted octanol–water partition coefficient (Wildman–Crippen LogP) is 3.29. The Morgan fingerprint density at radius 1 is 1.50 bits per heavy atom. The highest BCUT2D eigenvalue weighted by atomic mass is 32.2. The molecule has 0 amide bonds. The molecule has 1 aromatic rings. The summed E-state index contributed by atoms with van der Waals surface area (Å²) < 4.78 is 9.16. The highest BCUT2D eigenvalue weighted by molar-refractivity contribution is 7.98. The molecule has 0 saturated heterocycles. The number of allylic oxidation sites excluding steroid dienone is 1. The van der Waals surface area contributed by atoms with Crippen molar-refractivity contribution in [3.05, 3.63) is 11.5 Å². The van der Waals surface area contributed by atoms with Crippen molar-refractivity contribution in [2.24, 2.45) is 22.1 Å². The molecule has 1 N–H and O–H groups in total. The van der Waals surface area contributed by atoms with E-state index in [1.54, 1.807) is 0 Å². The lowest BCUT2D eigenvalue weighted by atomic mass is 9.91. The number of azo groups is 1. The molecule has 0 aliphatic heterocycles. The summed E-state index contributed by atoms with van der Waals surface area (Å²) in [6.45, 7) is 4.09. The Bertz CT molecular complexity index is 684. The molecule has 0 saturated carbocycles. The molecule has 24 heavy (non-hydrogen) atoms. The molecule has 1 atom stereocenters. The molecule has 10 heteroatoms. The number of ether oxygens (including phenoxy) is 1. The highest BCUT2D eigenvalue weighted by Crippen LogP contribution is 2.30. The lowest BCUT2D eigenvalue weighted by Crippen LogP contribution is -2.27. The molecule has 8 nitrogen and oxygen atoms in total. The SMILES string of the molecule is CSc1nsc(N=NC2=C(O)C(C(=O)OCC(C)C)CCC2=O)n1. The molecule has 1 aliphatic rings. The Labute approximate surface area is 147 Å². The van der Waals surface area contributed by atoms with Crippen LogP contribution in [0.2, 0.25) is 0 Å². The van der Waals surface area contributed by atoms with Gasteiger partial charge in [-0.15, -0.1) is 10.2 Å². The number of aliphatic hydroxyl groups is 1. The van der Waals surface area contributed by atoms with E-state index in [1.807, 2.05) is 20.1 Å². The van der Waals surface area contributed by atoms with Gasteiger partial charge in [-0.2, -0.15) is 9.36 Å². The van der Waals surface area contributed by atoms with Crippen LogP contribution >= 0.6 is 23.3 Å². The summed E-state index contributed by atoms with van der Waals surface area (Å²) in [5.74, 6) is -2.00. The van der Waals surface area contributed by atoms with Gasteiger partial charge < -0.3 is 9.84 Å². The monoisotopic (exact) mass is 370 g/mol. The van der Waals surface area contributed by atoms with Gasteiger partial charge >= 0.3 is 5.97 Å². The average molecular weight is 370 g/mol. The summed E-state index contributed by atoms with van der Waals surface area (Å²) in [6, 6.07) is 0. The first kappa shape index (κ1) is 18.5. The summed E-state index contributed by atoms with van der Waals surface area (Å²) in [4.78, 5) is 28.1. The zero-order valence-electron chi connectivity index (χ0n) is 13.6. The van der Waals surface area contributed by atoms with Crippen LogP contribution in [-0.4, -0.2) is 39.1 Å². The van der Waals surface area contributed by atoms with Gasteiger partial charge in [0.15, 0.2) is 11.5 Å². The smallest absolute Gasteiger partial charge is 0.316 e. The third kappa shape index (κ3) is 4.60. The van der Waals surface area contributed by atoms with Crippen LogP contribution in [0.25, 0.3) is 0 Å². The fourth-order valence-corrected chi connectivity index (χ4v) is 2.99. The normalized spacial score (nSPS) is 18.7. The van der Waals surface area contributed by atoms with E-state index in [4.69, 9.17) is 4.74 Å². The highest BCUT2D eigenvalue weighted by Gasteiger charge is 2.34. The summed E-state index contributed by atoms with van der Waals surface area (Å²) in [7, 11) is 0. The Morgan fingerprint density at radius 2 is 2.25 bits per heavy atom. The number of Topliss-reactive ketones (excluding diaryl/α,β-unsaturated/α-hetero) is 1. The number of rotatable bonds is 6. The molecule has 130 valence electrons. The van der Waals surface area contributed by atoms with Crippen LogP contribution in [0.3, 0.4) is 0 Å². The van der Waals surface area contributed by atoms with Crippen molar-refractivity contribution in [2.75, 3.05) is 12.9 Å². The quantitative estimate of drug-likeness (QED) is 0.464. The van der Waals surface area contributed by atoms with Crippen molar-refractivity contribution in [1.82, 2.24) is 9.36 Å². The second-order valence-corrected chi connectivity index (χ2v) is 7.04. The first-order valence-electron chi connectivity index (χ1n) is 7.34. The molecular weight excluding hydrogens is 352 g/mol. The molecular formula is C14H18N4O4S2. The number of aromatic nitrogens is 2. The molecule has 0 bridgehead atoms. The maximum absolute atomic E-state index is 12.1. The summed E-state index contributed by atoms with van der Waals surface area (Å²) in [5, 5.41) is 18.7. The van der Waals surface area contributed by atoms with Crippen LogP contribution in [0.4, 0.5) is 5.13 Å². The second kappa shape index (κ2) is 8.34.